The number of aliphatic carboxylic acids is 2. The average molecular weight is 507 g/mol. The van der Waals surface area contributed by atoms with Crippen LogP contribution in [-0.2, 0) is 30.4 Å². The Morgan fingerprint density at radius 1 is 0.861 bits per heavy atom. The maximum absolute atomic E-state index is 13.1. The second kappa shape index (κ2) is 14.8. The topological polar surface area (TPSA) is 188 Å². The van der Waals surface area contributed by atoms with Crippen LogP contribution in [0.15, 0.2) is 30.3 Å². The molecular weight excluding hydrogens is 468 g/mol. The molecule has 11 nitrogen and oxygen atoms in total. The Hall–Kier alpha value is -3.47. The van der Waals surface area contributed by atoms with E-state index in [1.807, 2.05) is 20.8 Å². The van der Waals surface area contributed by atoms with Gasteiger partial charge < -0.3 is 31.9 Å². The molecule has 0 saturated carbocycles. The Balaban J connectivity index is 3.03. The molecule has 0 aromatic heterocycles. The van der Waals surface area contributed by atoms with Crippen LogP contribution in [0.4, 0.5) is 0 Å². The molecule has 3 amide bonds. The molecule has 1 aromatic rings. The Labute approximate surface area is 211 Å². The first-order valence-corrected chi connectivity index (χ1v) is 12.0. The number of carbonyl (C=O) groups is 5. The summed E-state index contributed by atoms with van der Waals surface area (Å²) in [6.07, 6.45) is 0.104. The summed E-state index contributed by atoms with van der Waals surface area (Å²) in [4.78, 5) is 61.6. The number of nitrogens with two attached hydrogens (primary N) is 1. The van der Waals surface area contributed by atoms with Crippen LogP contribution < -0.4 is 21.7 Å². The molecule has 0 radical (unpaired) electrons. The first kappa shape index (κ1) is 30.6. The van der Waals surface area contributed by atoms with E-state index in [1.54, 1.807) is 37.3 Å². The second-order valence-corrected chi connectivity index (χ2v) is 9.36. The van der Waals surface area contributed by atoms with Gasteiger partial charge in [-0.1, -0.05) is 64.4 Å². The van der Waals surface area contributed by atoms with E-state index >= 15 is 0 Å². The number of hydrogen-bond acceptors (Lipinski definition) is 6. The lowest BCUT2D eigenvalue weighted by molar-refractivity contribution is -0.143. The summed E-state index contributed by atoms with van der Waals surface area (Å²) in [5.74, 6) is -5.12. The Bertz CT molecular complexity index is 907. The van der Waals surface area contributed by atoms with Gasteiger partial charge in [-0.3, -0.25) is 19.2 Å². The lowest BCUT2D eigenvalue weighted by Gasteiger charge is -2.27. The van der Waals surface area contributed by atoms with Crippen LogP contribution in [0.2, 0.25) is 0 Å². The van der Waals surface area contributed by atoms with Gasteiger partial charge in [-0.25, -0.2) is 4.79 Å². The third kappa shape index (κ3) is 10.4. The average Bonchev–Trinajstić information content (AvgIpc) is 2.80. The fraction of sp³-hybridized carbons (Fsp3) is 0.560. The highest BCUT2D eigenvalue weighted by atomic mass is 16.4. The van der Waals surface area contributed by atoms with Crippen molar-refractivity contribution in [3.05, 3.63) is 35.9 Å². The van der Waals surface area contributed by atoms with Crippen LogP contribution >= 0.6 is 0 Å². The standard InChI is InChI=1S/C25H38N4O7/c1-5-15(4)21(29-22(32)17(26)11-14(2)3)24(34)27-18(13-20(30)31)23(33)28-19(25(35)36)12-16-9-7-6-8-10-16/h6-10,14-15,17-19,21H,5,11-13,26H2,1-4H3,(H,27,34)(H,28,33)(H,29,32)(H,30,31)(H,35,36). The number of amides is 3. The number of carboxylic acids is 2. The van der Waals surface area contributed by atoms with Gasteiger partial charge in [0.1, 0.15) is 18.1 Å². The molecular formula is C25H38N4O7. The summed E-state index contributed by atoms with van der Waals surface area (Å²) < 4.78 is 0. The molecule has 0 heterocycles. The molecule has 1 aromatic carbocycles. The molecule has 7 N–H and O–H groups in total. The molecule has 0 bridgehead atoms. The highest BCUT2D eigenvalue weighted by Gasteiger charge is 2.33. The van der Waals surface area contributed by atoms with E-state index in [1.165, 1.54) is 0 Å². The predicted octanol–water partition coefficient (Wildman–Crippen LogP) is 0.662. The normalized spacial score (nSPS) is 15.2. The van der Waals surface area contributed by atoms with Gasteiger partial charge in [-0.05, 0) is 23.8 Å². The first-order chi connectivity index (χ1) is 16.8. The highest BCUT2D eigenvalue weighted by Crippen LogP contribution is 2.11. The van der Waals surface area contributed by atoms with Crippen LogP contribution in [0, 0.1) is 11.8 Å². The fourth-order valence-corrected chi connectivity index (χ4v) is 3.54. The summed E-state index contributed by atoms with van der Waals surface area (Å²) >= 11 is 0. The maximum atomic E-state index is 13.1. The molecule has 1 rings (SSSR count). The lowest BCUT2D eigenvalue weighted by Crippen LogP contribution is -2.59. The molecule has 0 saturated heterocycles. The van der Waals surface area contributed by atoms with Crippen LogP contribution in [-0.4, -0.2) is 64.0 Å². The Morgan fingerprint density at radius 2 is 1.44 bits per heavy atom. The van der Waals surface area contributed by atoms with E-state index in [2.05, 4.69) is 16.0 Å². The van der Waals surface area contributed by atoms with Gasteiger partial charge >= 0.3 is 11.9 Å². The Kier molecular flexibility index (Phi) is 12.6. The van der Waals surface area contributed by atoms with Crippen molar-refractivity contribution < 1.29 is 34.2 Å². The largest absolute Gasteiger partial charge is 0.481 e. The first-order valence-electron chi connectivity index (χ1n) is 12.0. The molecule has 5 unspecified atom stereocenters. The molecule has 0 aliphatic carbocycles. The minimum absolute atomic E-state index is 0.0328. The van der Waals surface area contributed by atoms with Gasteiger partial charge in [0.25, 0.3) is 0 Å². The molecule has 200 valence electrons. The van der Waals surface area contributed by atoms with Gasteiger partial charge in [-0.2, -0.15) is 0 Å². The van der Waals surface area contributed by atoms with E-state index < -0.39 is 60.2 Å². The van der Waals surface area contributed by atoms with Crippen molar-refractivity contribution in [1.29, 1.82) is 0 Å². The zero-order chi connectivity index (χ0) is 27.4. The minimum Gasteiger partial charge on any atom is -0.481 e. The van der Waals surface area contributed by atoms with Gasteiger partial charge in [0, 0.05) is 6.42 Å². The van der Waals surface area contributed by atoms with Crippen LogP contribution in [0.5, 0.6) is 0 Å². The maximum Gasteiger partial charge on any atom is 0.326 e. The molecule has 11 heteroatoms. The minimum atomic E-state index is -1.56. The van der Waals surface area contributed by atoms with E-state index in [0.29, 0.717) is 18.4 Å². The quantitative estimate of drug-likeness (QED) is 0.200. The smallest absolute Gasteiger partial charge is 0.326 e. The fourth-order valence-electron chi connectivity index (χ4n) is 3.54. The van der Waals surface area contributed by atoms with Gasteiger partial charge in [0.2, 0.25) is 17.7 Å². The van der Waals surface area contributed by atoms with Crippen molar-refractivity contribution in [2.45, 2.75) is 77.5 Å². The SMILES string of the molecule is CCC(C)C(NC(=O)C(N)CC(C)C)C(=O)NC(CC(=O)O)C(=O)NC(Cc1ccccc1)C(=O)O. The third-order valence-electron chi connectivity index (χ3n) is 5.76. The van der Waals surface area contributed by atoms with Gasteiger partial charge in [0.05, 0.1) is 12.5 Å². The molecule has 0 spiro atoms. The van der Waals surface area contributed by atoms with E-state index in [0.717, 1.165) is 0 Å². The van der Waals surface area contributed by atoms with Gasteiger partial charge in [0.15, 0.2) is 0 Å². The molecule has 36 heavy (non-hydrogen) atoms. The van der Waals surface area contributed by atoms with Crippen LogP contribution in [0.3, 0.4) is 0 Å². The number of carbonyl (C=O) groups excluding carboxylic acids is 3. The second-order valence-electron chi connectivity index (χ2n) is 9.36. The summed E-state index contributed by atoms with van der Waals surface area (Å²) in [5, 5.41) is 26.1. The van der Waals surface area contributed by atoms with Crippen molar-refractivity contribution in [3.8, 4) is 0 Å². The molecule has 0 aliphatic heterocycles. The predicted molar refractivity (Wildman–Crippen MR) is 133 cm³/mol. The highest BCUT2D eigenvalue weighted by molar-refractivity contribution is 5.95. The van der Waals surface area contributed by atoms with E-state index in [4.69, 9.17) is 5.73 Å². The van der Waals surface area contributed by atoms with Crippen molar-refractivity contribution in [3.63, 3.8) is 0 Å². The number of nitrogens with one attached hydrogen (secondary N) is 3. The number of rotatable bonds is 15. The number of hydrogen-bond donors (Lipinski definition) is 6. The summed E-state index contributed by atoms with van der Waals surface area (Å²) in [6, 6.07) is 3.80. The monoisotopic (exact) mass is 506 g/mol. The van der Waals surface area contributed by atoms with Crippen molar-refractivity contribution >= 4 is 29.7 Å². The molecule has 0 fully saturated rings. The van der Waals surface area contributed by atoms with Crippen LogP contribution in [0.25, 0.3) is 0 Å². The third-order valence-corrected chi connectivity index (χ3v) is 5.76. The molecule has 5 atom stereocenters. The van der Waals surface area contributed by atoms with Crippen molar-refractivity contribution in [1.82, 2.24) is 16.0 Å². The lowest BCUT2D eigenvalue weighted by atomic mass is 9.96. The zero-order valence-electron chi connectivity index (χ0n) is 21.2. The van der Waals surface area contributed by atoms with Crippen molar-refractivity contribution in [2.24, 2.45) is 17.6 Å². The van der Waals surface area contributed by atoms with Crippen molar-refractivity contribution in [2.75, 3.05) is 0 Å². The van der Waals surface area contributed by atoms with E-state index in [9.17, 15) is 34.2 Å². The Morgan fingerprint density at radius 3 is 1.94 bits per heavy atom. The summed E-state index contributed by atoms with van der Waals surface area (Å²) in [5.41, 5.74) is 6.58. The van der Waals surface area contributed by atoms with E-state index in [-0.39, 0.29) is 18.3 Å². The zero-order valence-corrected chi connectivity index (χ0v) is 21.2. The molecule has 0 aliphatic rings. The number of carboxylic acid groups (broad SMARTS) is 2. The van der Waals surface area contributed by atoms with Gasteiger partial charge in [-0.15, -0.1) is 0 Å². The van der Waals surface area contributed by atoms with Crippen LogP contribution in [0.1, 0.15) is 52.5 Å². The summed E-state index contributed by atoms with van der Waals surface area (Å²) in [6.45, 7) is 7.35. The number of benzene rings is 1. The summed E-state index contributed by atoms with van der Waals surface area (Å²) in [7, 11) is 0.